The summed E-state index contributed by atoms with van der Waals surface area (Å²) in [5, 5.41) is 4.02. The molecule has 0 aliphatic heterocycles. The Bertz CT molecular complexity index is 869. The molecule has 1 aromatic carbocycles. The fourth-order valence-corrected chi connectivity index (χ4v) is 3.15. The predicted molar refractivity (Wildman–Crippen MR) is 99.2 cm³/mol. The minimum atomic E-state index is -0.0946. The van der Waals surface area contributed by atoms with E-state index in [1.165, 1.54) is 0 Å². The maximum atomic E-state index is 12.8. The van der Waals surface area contributed by atoms with Crippen LogP contribution < -0.4 is 0 Å². The molecular formula is C21H23N3O3. The van der Waals surface area contributed by atoms with Crippen LogP contribution >= 0.6 is 0 Å². The number of amides is 1. The van der Waals surface area contributed by atoms with E-state index in [1.807, 2.05) is 49.5 Å². The second-order valence-electron chi connectivity index (χ2n) is 7.07. The molecule has 1 aliphatic rings. The van der Waals surface area contributed by atoms with Crippen molar-refractivity contribution in [2.24, 2.45) is 0 Å². The number of benzene rings is 1. The number of hydrogen-bond acceptors (Lipinski definition) is 5. The number of carbonyl (C=O) groups excluding carboxylic acids is 1. The van der Waals surface area contributed by atoms with Crippen LogP contribution in [0.15, 0.2) is 57.7 Å². The van der Waals surface area contributed by atoms with Crippen LogP contribution in [-0.2, 0) is 11.2 Å². The monoisotopic (exact) mass is 365 g/mol. The number of carbonyl (C=O) groups is 1. The van der Waals surface area contributed by atoms with Crippen molar-refractivity contribution in [3.8, 4) is 0 Å². The van der Waals surface area contributed by atoms with Crippen LogP contribution in [0.1, 0.15) is 54.1 Å². The van der Waals surface area contributed by atoms with E-state index in [0.717, 1.165) is 30.1 Å². The highest BCUT2D eigenvalue weighted by Gasteiger charge is 2.29. The second kappa shape index (κ2) is 7.78. The van der Waals surface area contributed by atoms with E-state index in [4.69, 9.17) is 8.94 Å². The Kier molecular flexibility index (Phi) is 5.05. The Labute approximate surface area is 158 Å². The minimum absolute atomic E-state index is 0.0613. The molecule has 3 aromatic rings. The topological polar surface area (TPSA) is 72.4 Å². The zero-order valence-corrected chi connectivity index (χ0v) is 15.4. The number of hydrogen-bond donors (Lipinski definition) is 0. The van der Waals surface area contributed by atoms with Crippen LogP contribution in [0.25, 0.3) is 0 Å². The molecule has 2 heterocycles. The lowest BCUT2D eigenvalue weighted by atomic mass is 9.92. The molecule has 140 valence electrons. The zero-order chi connectivity index (χ0) is 18.6. The van der Waals surface area contributed by atoms with Gasteiger partial charge in [-0.15, -0.1) is 0 Å². The summed E-state index contributed by atoms with van der Waals surface area (Å²) in [4.78, 5) is 18.9. The van der Waals surface area contributed by atoms with Gasteiger partial charge in [-0.1, -0.05) is 35.5 Å². The second-order valence-corrected chi connectivity index (χ2v) is 7.07. The smallest absolute Gasteiger partial charge is 0.229 e. The van der Waals surface area contributed by atoms with Crippen LogP contribution in [0.5, 0.6) is 0 Å². The van der Waals surface area contributed by atoms with E-state index < -0.39 is 0 Å². The van der Waals surface area contributed by atoms with Crippen molar-refractivity contribution < 1.29 is 13.7 Å². The van der Waals surface area contributed by atoms with E-state index in [9.17, 15) is 4.79 Å². The van der Waals surface area contributed by atoms with Gasteiger partial charge in [0.05, 0.1) is 12.2 Å². The summed E-state index contributed by atoms with van der Waals surface area (Å²) in [7, 11) is 1.81. The molecule has 4 rings (SSSR count). The van der Waals surface area contributed by atoms with Gasteiger partial charge in [-0.25, -0.2) is 0 Å². The summed E-state index contributed by atoms with van der Waals surface area (Å²) in [5.74, 6) is 2.62. The molecule has 6 heteroatoms. The van der Waals surface area contributed by atoms with Gasteiger partial charge in [0, 0.05) is 32.4 Å². The molecule has 0 bridgehead atoms. The number of rotatable bonds is 8. The largest absolute Gasteiger partial charge is 0.469 e. The third-order valence-electron chi connectivity index (χ3n) is 4.97. The Balaban J connectivity index is 1.38. The molecule has 0 spiro atoms. The summed E-state index contributed by atoms with van der Waals surface area (Å²) in [6, 6.07) is 13.8. The first-order chi connectivity index (χ1) is 13.2. The Morgan fingerprint density at radius 1 is 1.22 bits per heavy atom. The molecule has 2 aromatic heterocycles. The van der Waals surface area contributed by atoms with Gasteiger partial charge in [0.25, 0.3) is 0 Å². The summed E-state index contributed by atoms with van der Waals surface area (Å²) < 4.78 is 10.9. The Morgan fingerprint density at radius 2 is 2.04 bits per heavy atom. The third kappa shape index (κ3) is 4.27. The number of likely N-dealkylation sites (N-methyl/N-ethyl adjacent to an activating group) is 1. The molecule has 0 unspecified atom stereocenters. The maximum Gasteiger partial charge on any atom is 0.229 e. The van der Waals surface area contributed by atoms with E-state index in [1.54, 1.807) is 11.2 Å². The molecule has 0 saturated heterocycles. The van der Waals surface area contributed by atoms with Crippen LogP contribution in [0.2, 0.25) is 0 Å². The number of aromatic nitrogens is 2. The van der Waals surface area contributed by atoms with Crippen molar-refractivity contribution in [2.45, 2.75) is 37.5 Å². The van der Waals surface area contributed by atoms with Crippen LogP contribution in [0, 0.1) is 0 Å². The molecule has 27 heavy (non-hydrogen) atoms. The van der Waals surface area contributed by atoms with E-state index in [-0.39, 0.29) is 11.8 Å². The van der Waals surface area contributed by atoms with Gasteiger partial charge in [-0.3, -0.25) is 4.79 Å². The molecule has 1 amide bonds. The van der Waals surface area contributed by atoms with Crippen LogP contribution in [0.3, 0.4) is 0 Å². The summed E-state index contributed by atoms with van der Waals surface area (Å²) in [6.07, 6.45) is 4.86. The van der Waals surface area contributed by atoms with Crippen molar-refractivity contribution >= 4 is 5.91 Å². The Hall–Kier alpha value is -2.89. The SMILES string of the molecule is CN(CCc1noc(C2CC2)n1)C(=O)C[C@H](c1ccccc1)c1ccco1. The number of nitrogens with zero attached hydrogens (tertiary/aromatic N) is 3. The fourth-order valence-electron chi connectivity index (χ4n) is 3.15. The van der Waals surface area contributed by atoms with Crippen molar-refractivity contribution in [1.29, 1.82) is 0 Å². The molecule has 0 N–H and O–H groups in total. The lowest BCUT2D eigenvalue weighted by Crippen LogP contribution is -2.30. The molecule has 1 fully saturated rings. The summed E-state index contributed by atoms with van der Waals surface area (Å²) >= 11 is 0. The normalized spacial score (nSPS) is 14.9. The first kappa shape index (κ1) is 17.5. The minimum Gasteiger partial charge on any atom is -0.469 e. The summed E-state index contributed by atoms with van der Waals surface area (Å²) in [5.41, 5.74) is 1.07. The molecule has 6 nitrogen and oxygen atoms in total. The van der Waals surface area contributed by atoms with E-state index in [0.29, 0.717) is 31.1 Å². The van der Waals surface area contributed by atoms with Crippen molar-refractivity contribution in [3.63, 3.8) is 0 Å². The van der Waals surface area contributed by atoms with E-state index >= 15 is 0 Å². The lowest BCUT2D eigenvalue weighted by Gasteiger charge is -2.20. The average molecular weight is 365 g/mol. The van der Waals surface area contributed by atoms with Gasteiger partial charge in [0.2, 0.25) is 11.8 Å². The fraction of sp³-hybridized carbons (Fsp3) is 0.381. The maximum absolute atomic E-state index is 12.8. The number of furan rings is 1. The van der Waals surface area contributed by atoms with Gasteiger partial charge in [-0.2, -0.15) is 4.98 Å². The molecular weight excluding hydrogens is 342 g/mol. The molecule has 1 atom stereocenters. The highest BCUT2D eigenvalue weighted by molar-refractivity contribution is 5.77. The van der Waals surface area contributed by atoms with Crippen LogP contribution in [-0.4, -0.2) is 34.5 Å². The Morgan fingerprint density at radius 3 is 2.74 bits per heavy atom. The van der Waals surface area contributed by atoms with Gasteiger partial charge in [-0.05, 0) is 30.5 Å². The zero-order valence-electron chi connectivity index (χ0n) is 15.4. The van der Waals surface area contributed by atoms with Gasteiger partial charge < -0.3 is 13.8 Å². The average Bonchev–Trinajstić information content (AvgIpc) is 3.20. The van der Waals surface area contributed by atoms with Gasteiger partial charge >= 0.3 is 0 Å². The molecule has 1 saturated carbocycles. The lowest BCUT2D eigenvalue weighted by molar-refractivity contribution is -0.130. The predicted octanol–water partition coefficient (Wildman–Crippen LogP) is 3.76. The quantitative estimate of drug-likeness (QED) is 0.608. The van der Waals surface area contributed by atoms with Crippen LogP contribution in [0.4, 0.5) is 0 Å². The van der Waals surface area contributed by atoms with E-state index in [2.05, 4.69) is 10.1 Å². The summed E-state index contributed by atoms with van der Waals surface area (Å²) in [6.45, 7) is 0.558. The van der Waals surface area contributed by atoms with Gasteiger partial charge in [0.15, 0.2) is 5.82 Å². The third-order valence-corrected chi connectivity index (χ3v) is 4.97. The first-order valence-corrected chi connectivity index (χ1v) is 9.35. The molecule has 0 radical (unpaired) electrons. The molecule has 1 aliphatic carbocycles. The van der Waals surface area contributed by atoms with Crippen molar-refractivity contribution in [1.82, 2.24) is 15.0 Å². The van der Waals surface area contributed by atoms with Crippen molar-refractivity contribution in [2.75, 3.05) is 13.6 Å². The standard InChI is InChI=1S/C21H23N3O3/c1-24(12-11-19-22-21(27-23-19)16-9-10-16)20(25)14-17(18-8-5-13-26-18)15-6-3-2-4-7-15/h2-8,13,16-17H,9-12,14H2,1H3/t17-/m1/s1. The highest BCUT2D eigenvalue weighted by Crippen LogP contribution is 2.38. The van der Waals surface area contributed by atoms with Crippen molar-refractivity contribution in [3.05, 3.63) is 71.8 Å². The van der Waals surface area contributed by atoms with Gasteiger partial charge in [0.1, 0.15) is 5.76 Å². The highest BCUT2D eigenvalue weighted by atomic mass is 16.5. The first-order valence-electron chi connectivity index (χ1n) is 9.35.